The standard InChI is InChI=1S/C11H18N4O2S/c1-9(2)14-8-12-13-11(14)18-7-10(16)15-5-3-4-6-17-15/h8-9H,3-7H2,1-2H3. The normalized spacial score (nSPS) is 16.3. The molecule has 0 unspecified atom stereocenters. The van der Waals surface area contributed by atoms with Crippen molar-refractivity contribution in [1.29, 1.82) is 0 Å². The second-order valence-electron chi connectivity index (χ2n) is 4.44. The van der Waals surface area contributed by atoms with Gasteiger partial charge in [0.25, 0.3) is 5.91 Å². The molecule has 0 spiro atoms. The lowest BCUT2D eigenvalue weighted by molar-refractivity contribution is -0.194. The van der Waals surface area contributed by atoms with E-state index in [2.05, 4.69) is 24.0 Å². The largest absolute Gasteiger partial charge is 0.306 e. The van der Waals surface area contributed by atoms with E-state index in [0.29, 0.717) is 24.9 Å². The third kappa shape index (κ3) is 3.23. The molecule has 0 radical (unpaired) electrons. The van der Waals surface area contributed by atoms with E-state index in [-0.39, 0.29) is 5.91 Å². The van der Waals surface area contributed by atoms with Gasteiger partial charge in [-0.1, -0.05) is 11.8 Å². The highest BCUT2D eigenvalue weighted by Gasteiger charge is 2.19. The average molecular weight is 270 g/mol. The van der Waals surface area contributed by atoms with Crippen molar-refractivity contribution >= 4 is 17.7 Å². The van der Waals surface area contributed by atoms with Crippen LogP contribution in [0.15, 0.2) is 11.5 Å². The molecule has 6 nitrogen and oxygen atoms in total. The number of hydrogen-bond acceptors (Lipinski definition) is 5. The first-order valence-electron chi connectivity index (χ1n) is 6.14. The molecule has 0 atom stereocenters. The predicted octanol–water partition coefficient (Wildman–Crippen LogP) is 1.51. The molecule has 0 aromatic carbocycles. The summed E-state index contributed by atoms with van der Waals surface area (Å²) in [4.78, 5) is 17.2. The zero-order valence-electron chi connectivity index (χ0n) is 10.7. The van der Waals surface area contributed by atoms with Gasteiger partial charge in [0.1, 0.15) is 6.33 Å². The minimum atomic E-state index is -0.00185. The van der Waals surface area contributed by atoms with Crippen LogP contribution in [0.4, 0.5) is 0 Å². The topological polar surface area (TPSA) is 60.2 Å². The molecule has 2 rings (SSSR count). The number of hydrogen-bond donors (Lipinski definition) is 0. The quantitative estimate of drug-likeness (QED) is 0.776. The van der Waals surface area contributed by atoms with Crippen molar-refractivity contribution in [3.8, 4) is 0 Å². The molecule has 1 aliphatic heterocycles. The van der Waals surface area contributed by atoms with Gasteiger partial charge in [0.05, 0.1) is 12.4 Å². The fourth-order valence-corrected chi connectivity index (χ4v) is 2.59. The molecule has 0 saturated carbocycles. The van der Waals surface area contributed by atoms with Crippen molar-refractivity contribution in [3.05, 3.63) is 6.33 Å². The van der Waals surface area contributed by atoms with Gasteiger partial charge in [-0.25, -0.2) is 5.06 Å². The fourth-order valence-electron chi connectivity index (χ4n) is 1.68. The third-order valence-corrected chi connectivity index (χ3v) is 3.64. The summed E-state index contributed by atoms with van der Waals surface area (Å²) in [6.45, 7) is 5.45. The number of rotatable bonds is 4. The van der Waals surface area contributed by atoms with E-state index in [4.69, 9.17) is 4.84 Å². The molecule has 2 heterocycles. The van der Waals surface area contributed by atoms with E-state index >= 15 is 0 Å². The van der Waals surface area contributed by atoms with Gasteiger partial charge in [0.15, 0.2) is 5.16 Å². The molecule has 1 aromatic heterocycles. The third-order valence-electron chi connectivity index (χ3n) is 2.70. The number of aromatic nitrogens is 3. The second kappa shape index (κ2) is 6.19. The van der Waals surface area contributed by atoms with Crippen LogP contribution in [0.5, 0.6) is 0 Å². The lowest BCUT2D eigenvalue weighted by atomic mass is 10.3. The van der Waals surface area contributed by atoms with Gasteiger partial charge in [-0.15, -0.1) is 10.2 Å². The van der Waals surface area contributed by atoms with Crippen LogP contribution in [-0.4, -0.2) is 44.6 Å². The first-order valence-corrected chi connectivity index (χ1v) is 7.12. The molecular weight excluding hydrogens is 252 g/mol. The van der Waals surface area contributed by atoms with Gasteiger partial charge in [-0.2, -0.15) is 0 Å². The molecular formula is C11H18N4O2S. The molecule has 0 N–H and O–H groups in total. The van der Waals surface area contributed by atoms with Crippen LogP contribution in [0, 0.1) is 0 Å². The molecule has 1 aliphatic rings. The molecule has 0 aliphatic carbocycles. The SMILES string of the molecule is CC(C)n1cnnc1SCC(=O)N1CCCCO1. The summed E-state index contributed by atoms with van der Waals surface area (Å²) in [7, 11) is 0. The molecule has 0 bridgehead atoms. The smallest absolute Gasteiger partial charge is 0.256 e. The molecule has 7 heteroatoms. The Morgan fingerprint density at radius 2 is 2.39 bits per heavy atom. The van der Waals surface area contributed by atoms with Crippen molar-refractivity contribution in [3.63, 3.8) is 0 Å². The lowest BCUT2D eigenvalue weighted by Gasteiger charge is -2.25. The Bertz CT molecular complexity index is 402. The zero-order valence-corrected chi connectivity index (χ0v) is 11.5. The number of nitrogens with zero attached hydrogens (tertiary/aromatic N) is 4. The van der Waals surface area contributed by atoms with Gasteiger partial charge in [-0.05, 0) is 26.7 Å². The van der Waals surface area contributed by atoms with Crippen LogP contribution < -0.4 is 0 Å². The van der Waals surface area contributed by atoms with Crippen LogP contribution in [0.2, 0.25) is 0 Å². The summed E-state index contributed by atoms with van der Waals surface area (Å²) in [5, 5.41) is 10.1. The maximum Gasteiger partial charge on any atom is 0.256 e. The first-order chi connectivity index (χ1) is 8.68. The second-order valence-corrected chi connectivity index (χ2v) is 5.38. The van der Waals surface area contributed by atoms with Crippen molar-refractivity contribution in [1.82, 2.24) is 19.8 Å². The van der Waals surface area contributed by atoms with E-state index in [1.54, 1.807) is 6.33 Å². The summed E-state index contributed by atoms with van der Waals surface area (Å²) < 4.78 is 1.95. The Hall–Kier alpha value is -1.08. The van der Waals surface area contributed by atoms with Crippen LogP contribution in [0.3, 0.4) is 0 Å². The van der Waals surface area contributed by atoms with E-state index in [9.17, 15) is 4.79 Å². The maximum absolute atomic E-state index is 11.9. The number of amides is 1. The molecule has 1 fully saturated rings. The van der Waals surface area contributed by atoms with Crippen LogP contribution in [0.25, 0.3) is 0 Å². The molecule has 1 saturated heterocycles. The highest BCUT2D eigenvalue weighted by Crippen LogP contribution is 2.19. The number of hydroxylamine groups is 2. The van der Waals surface area contributed by atoms with Crippen LogP contribution >= 0.6 is 11.8 Å². The van der Waals surface area contributed by atoms with E-state index in [1.165, 1.54) is 16.8 Å². The highest BCUT2D eigenvalue weighted by atomic mass is 32.2. The Morgan fingerprint density at radius 1 is 1.56 bits per heavy atom. The van der Waals surface area contributed by atoms with Crippen molar-refractivity contribution in [2.75, 3.05) is 18.9 Å². The van der Waals surface area contributed by atoms with Gasteiger partial charge in [0, 0.05) is 12.6 Å². The molecule has 1 aromatic rings. The summed E-state index contributed by atoms with van der Waals surface area (Å²) in [5.41, 5.74) is 0. The Labute approximate surface area is 111 Å². The summed E-state index contributed by atoms with van der Waals surface area (Å²) in [5.74, 6) is 0.337. The number of carbonyl (C=O) groups excluding carboxylic acids is 1. The van der Waals surface area contributed by atoms with Gasteiger partial charge in [0.2, 0.25) is 0 Å². The molecule has 1 amide bonds. The Morgan fingerprint density at radius 3 is 3.06 bits per heavy atom. The van der Waals surface area contributed by atoms with Gasteiger partial charge < -0.3 is 4.57 Å². The predicted molar refractivity (Wildman–Crippen MR) is 68.0 cm³/mol. The van der Waals surface area contributed by atoms with Crippen molar-refractivity contribution in [2.45, 2.75) is 37.9 Å². The minimum absolute atomic E-state index is 0.00185. The van der Waals surface area contributed by atoms with E-state index in [1.807, 2.05) is 4.57 Å². The maximum atomic E-state index is 11.9. The summed E-state index contributed by atoms with van der Waals surface area (Å²) >= 11 is 1.40. The minimum Gasteiger partial charge on any atom is -0.306 e. The summed E-state index contributed by atoms with van der Waals surface area (Å²) in [6, 6.07) is 0.295. The first kappa shape index (κ1) is 13.4. The van der Waals surface area contributed by atoms with Crippen molar-refractivity contribution in [2.24, 2.45) is 0 Å². The van der Waals surface area contributed by atoms with Gasteiger partial charge >= 0.3 is 0 Å². The van der Waals surface area contributed by atoms with Crippen LogP contribution in [-0.2, 0) is 9.63 Å². The summed E-state index contributed by atoms with van der Waals surface area (Å²) in [6.07, 6.45) is 3.73. The highest BCUT2D eigenvalue weighted by molar-refractivity contribution is 7.99. The number of carbonyl (C=O) groups is 1. The van der Waals surface area contributed by atoms with Crippen LogP contribution in [0.1, 0.15) is 32.7 Å². The van der Waals surface area contributed by atoms with E-state index < -0.39 is 0 Å². The monoisotopic (exact) mass is 270 g/mol. The van der Waals surface area contributed by atoms with Crippen molar-refractivity contribution < 1.29 is 9.63 Å². The molecule has 18 heavy (non-hydrogen) atoms. The zero-order chi connectivity index (χ0) is 13.0. The fraction of sp³-hybridized carbons (Fsp3) is 0.727. The van der Waals surface area contributed by atoms with Gasteiger partial charge in [-0.3, -0.25) is 9.63 Å². The average Bonchev–Trinajstić information content (AvgIpc) is 2.85. The Kier molecular flexibility index (Phi) is 4.60. The van der Waals surface area contributed by atoms with E-state index in [0.717, 1.165) is 18.0 Å². The Balaban J connectivity index is 1.86. The number of thioether (sulfide) groups is 1. The lowest BCUT2D eigenvalue weighted by Crippen LogP contribution is -2.36. The molecule has 100 valence electrons.